The van der Waals surface area contributed by atoms with Gasteiger partial charge in [-0.15, -0.1) is 10.2 Å². The number of hydrogen-bond donors (Lipinski definition) is 3. The van der Waals surface area contributed by atoms with Gasteiger partial charge in [-0.05, 0) is 35.9 Å². The van der Waals surface area contributed by atoms with E-state index in [0.717, 1.165) is 5.56 Å². The molecule has 122 valence electrons. The Labute approximate surface area is 142 Å². The van der Waals surface area contributed by atoms with E-state index >= 15 is 0 Å². The summed E-state index contributed by atoms with van der Waals surface area (Å²) in [5.74, 6) is -0.580. The largest absolute Gasteiger partial charge is 0.346 e. The van der Waals surface area contributed by atoms with Crippen molar-refractivity contribution in [2.75, 3.05) is 5.32 Å². The summed E-state index contributed by atoms with van der Waals surface area (Å²) < 4.78 is 13.2. The molecule has 3 aromatic rings. The van der Waals surface area contributed by atoms with Crippen molar-refractivity contribution in [3.05, 3.63) is 70.6 Å². The smallest absolute Gasteiger partial charge is 0.275 e. The zero-order valence-corrected chi connectivity index (χ0v) is 13.1. The fourth-order valence-electron chi connectivity index (χ4n) is 2.05. The number of aromatic nitrogens is 3. The molecule has 0 unspecified atom stereocenters. The molecule has 6 nitrogen and oxygen atoms in total. The van der Waals surface area contributed by atoms with Crippen molar-refractivity contribution in [2.45, 2.75) is 6.54 Å². The van der Waals surface area contributed by atoms with Crippen LogP contribution in [0.4, 0.5) is 15.9 Å². The van der Waals surface area contributed by atoms with Crippen LogP contribution < -0.4 is 10.6 Å². The number of carbonyl (C=O) groups excluding carboxylic acids is 1. The summed E-state index contributed by atoms with van der Waals surface area (Å²) >= 11 is 5.82. The summed E-state index contributed by atoms with van der Waals surface area (Å²) in [5, 5.41) is 16.3. The lowest BCUT2D eigenvalue weighted by Crippen LogP contribution is -2.24. The lowest BCUT2D eigenvalue weighted by Gasteiger charge is -2.06. The van der Waals surface area contributed by atoms with Crippen LogP contribution in [0.15, 0.2) is 48.5 Å². The van der Waals surface area contributed by atoms with Gasteiger partial charge in [0, 0.05) is 17.3 Å². The quantitative estimate of drug-likeness (QED) is 0.662. The maximum atomic E-state index is 13.2. The van der Waals surface area contributed by atoms with Crippen molar-refractivity contribution in [1.29, 1.82) is 0 Å². The van der Waals surface area contributed by atoms with Crippen LogP contribution in [-0.4, -0.2) is 21.3 Å². The van der Waals surface area contributed by atoms with E-state index in [1.807, 2.05) is 12.1 Å². The maximum Gasteiger partial charge on any atom is 0.275 e. The first-order valence-corrected chi connectivity index (χ1v) is 7.45. The number of nitrogens with zero attached hydrogens (tertiary/aromatic N) is 2. The third-order valence-corrected chi connectivity index (χ3v) is 3.47. The topological polar surface area (TPSA) is 82.7 Å². The first kappa shape index (κ1) is 15.9. The number of nitrogens with one attached hydrogen (secondary N) is 3. The standard InChI is InChI=1S/C16H13ClFN5O/c17-11-6-4-10(5-7-11)9-19-16(24)14-15(22-23-21-14)20-13-3-1-2-12(18)8-13/h1-8H,9H2,(H,19,24)(H2,20,21,22,23). The Balaban J connectivity index is 1.67. The molecule has 0 aliphatic rings. The highest BCUT2D eigenvalue weighted by molar-refractivity contribution is 6.30. The van der Waals surface area contributed by atoms with E-state index < -0.39 is 11.7 Å². The highest BCUT2D eigenvalue weighted by atomic mass is 35.5. The van der Waals surface area contributed by atoms with Crippen LogP contribution in [-0.2, 0) is 6.54 Å². The second-order valence-corrected chi connectivity index (χ2v) is 5.40. The van der Waals surface area contributed by atoms with Crippen molar-refractivity contribution < 1.29 is 9.18 Å². The Morgan fingerprint density at radius 2 is 1.96 bits per heavy atom. The van der Waals surface area contributed by atoms with Crippen molar-refractivity contribution in [1.82, 2.24) is 20.7 Å². The molecule has 0 atom stereocenters. The maximum absolute atomic E-state index is 13.2. The molecule has 0 radical (unpaired) electrons. The first-order chi connectivity index (χ1) is 11.6. The summed E-state index contributed by atoms with van der Waals surface area (Å²) in [4.78, 5) is 12.3. The van der Waals surface area contributed by atoms with Crippen molar-refractivity contribution in [3.63, 3.8) is 0 Å². The molecule has 0 spiro atoms. The van der Waals surface area contributed by atoms with Gasteiger partial charge < -0.3 is 10.6 Å². The van der Waals surface area contributed by atoms with Crippen LogP contribution >= 0.6 is 11.6 Å². The van der Waals surface area contributed by atoms with E-state index in [-0.39, 0.29) is 11.5 Å². The van der Waals surface area contributed by atoms with Gasteiger partial charge in [-0.25, -0.2) is 4.39 Å². The minimum atomic E-state index is -0.405. The lowest BCUT2D eigenvalue weighted by atomic mass is 10.2. The van der Waals surface area contributed by atoms with Gasteiger partial charge in [-0.2, -0.15) is 5.21 Å². The van der Waals surface area contributed by atoms with Gasteiger partial charge in [0.25, 0.3) is 5.91 Å². The number of hydrogen-bond acceptors (Lipinski definition) is 4. The third-order valence-electron chi connectivity index (χ3n) is 3.22. The highest BCUT2D eigenvalue weighted by Crippen LogP contribution is 2.17. The first-order valence-electron chi connectivity index (χ1n) is 7.08. The molecular formula is C16H13ClFN5O. The third kappa shape index (κ3) is 3.88. The van der Waals surface area contributed by atoms with Crippen LogP contribution in [0.5, 0.6) is 0 Å². The summed E-state index contributed by atoms with van der Waals surface area (Å²) in [5.41, 5.74) is 1.46. The average Bonchev–Trinajstić information content (AvgIpc) is 3.02. The van der Waals surface area contributed by atoms with Crippen LogP contribution in [0.3, 0.4) is 0 Å². The van der Waals surface area contributed by atoms with E-state index in [1.54, 1.807) is 24.3 Å². The Kier molecular flexibility index (Phi) is 4.72. The monoisotopic (exact) mass is 345 g/mol. The molecule has 1 aromatic heterocycles. The van der Waals surface area contributed by atoms with Gasteiger partial charge in [0.2, 0.25) is 0 Å². The molecule has 8 heteroatoms. The van der Waals surface area contributed by atoms with E-state index in [9.17, 15) is 9.18 Å². The molecule has 3 rings (SSSR count). The normalized spacial score (nSPS) is 10.4. The van der Waals surface area contributed by atoms with Crippen LogP contribution in [0.25, 0.3) is 0 Å². The Hall–Kier alpha value is -2.93. The van der Waals surface area contributed by atoms with E-state index in [4.69, 9.17) is 11.6 Å². The van der Waals surface area contributed by atoms with Gasteiger partial charge in [0.1, 0.15) is 5.82 Å². The second-order valence-electron chi connectivity index (χ2n) is 4.97. The zero-order valence-electron chi connectivity index (χ0n) is 12.4. The van der Waals surface area contributed by atoms with E-state index in [2.05, 4.69) is 26.0 Å². The summed E-state index contributed by atoms with van der Waals surface area (Å²) in [6.07, 6.45) is 0. The number of rotatable bonds is 5. The number of amides is 1. The molecular weight excluding hydrogens is 333 g/mol. The van der Waals surface area contributed by atoms with Gasteiger partial charge in [0.05, 0.1) is 0 Å². The van der Waals surface area contributed by atoms with Gasteiger partial charge in [-0.3, -0.25) is 4.79 Å². The fourth-order valence-corrected chi connectivity index (χ4v) is 2.17. The molecule has 1 amide bonds. The van der Waals surface area contributed by atoms with Crippen LogP contribution in [0.1, 0.15) is 16.1 Å². The number of H-pyrrole nitrogens is 1. The predicted octanol–water partition coefficient (Wildman–Crippen LogP) is 3.27. The Morgan fingerprint density at radius 1 is 1.17 bits per heavy atom. The number of halogens is 2. The molecule has 3 N–H and O–H groups in total. The van der Waals surface area contributed by atoms with Gasteiger partial charge in [0.15, 0.2) is 11.5 Å². The second kappa shape index (κ2) is 7.10. The van der Waals surface area contributed by atoms with Crippen LogP contribution in [0, 0.1) is 5.82 Å². The van der Waals surface area contributed by atoms with E-state index in [0.29, 0.717) is 17.3 Å². The van der Waals surface area contributed by atoms with Gasteiger partial charge in [-0.1, -0.05) is 29.8 Å². The summed E-state index contributed by atoms with van der Waals surface area (Å²) in [6.45, 7) is 0.322. The van der Waals surface area contributed by atoms with Crippen molar-refractivity contribution >= 4 is 29.0 Å². The molecule has 0 aliphatic heterocycles. The molecule has 0 saturated heterocycles. The minimum absolute atomic E-state index is 0.0909. The SMILES string of the molecule is O=C(NCc1ccc(Cl)cc1)c1n[nH]nc1Nc1cccc(F)c1. The van der Waals surface area contributed by atoms with E-state index in [1.165, 1.54) is 12.1 Å². The van der Waals surface area contributed by atoms with Crippen molar-refractivity contribution in [3.8, 4) is 0 Å². The van der Waals surface area contributed by atoms with Crippen molar-refractivity contribution in [2.24, 2.45) is 0 Å². The molecule has 0 saturated carbocycles. The lowest BCUT2D eigenvalue weighted by molar-refractivity contribution is 0.0946. The average molecular weight is 346 g/mol. The fraction of sp³-hybridized carbons (Fsp3) is 0.0625. The molecule has 1 heterocycles. The Morgan fingerprint density at radius 3 is 2.71 bits per heavy atom. The van der Waals surface area contributed by atoms with Gasteiger partial charge >= 0.3 is 0 Å². The molecule has 0 aliphatic carbocycles. The highest BCUT2D eigenvalue weighted by Gasteiger charge is 2.16. The zero-order chi connectivity index (χ0) is 16.9. The molecule has 24 heavy (non-hydrogen) atoms. The number of anilines is 2. The molecule has 2 aromatic carbocycles. The molecule has 0 fully saturated rings. The summed E-state index contributed by atoms with van der Waals surface area (Å²) in [6, 6.07) is 13.0. The molecule has 0 bridgehead atoms. The number of carbonyl (C=O) groups is 1. The minimum Gasteiger partial charge on any atom is -0.346 e. The van der Waals surface area contributed by atoms with Crippen LogP contribution in [0.2, 0.25) is 5.02 Å². The Bertz CT molecular complexity index is 850. The summed E-state index contributed by atoms with van der Waals surface area (Å²) in [7, 11) is 0. The predicted molar refractivity (Wildman–Crippen MR) is 88.7 cm³/mol. The number of aromatic amines is 1. The number of benzene rings is 2.